The van der Waals surface area contributed by atoms with Crippen molar-refractivity contribution >= 4 is 21.5 Å². The zero-order chi connectivity index (χ0) is 34.0. The lowest BCUT2D eigenvalue weighted by atomic mass is 9.54. The Kier molecular flexibility index (Phi) is 6.82. The zero-order valence-corrected chi connectivity index (χ0v) is 28.8. The zero-order valence-electron chi connectivity index (χ0n) is 28.8. The Balaban J connectivity index is 1.15. The highest BCUT2D eigenvalue weighted by atomic mass is 15.0. The van der Waals surface area contributed by atoms with E-state index in [0.717, 1.165) is 22.3 Å². The van der Waals surface area contributed by atoms with Crippen LogP contribution in [-0.2, 0) is 10.8 Å². The molecule has 0 spiro atoms. The average Bonchev–Trinajstić information content (AvgIpc) is 3.17. The van der Waals surface area contributed by atoms with Crippen molar-refractivity contribution in [3.8, 4) is 56.4 Å². The second kappa shape index (κ2) is 11.3. The molecule has 1 heterocycles. The van der Waals surface area contributed by atoms with Crippen molar-refractivity contribution < 1.29 is 0 Å². The number of hydrogen-bond donors (Lipinski definition) is 0. The minimum Gasteiger partial charge on any atom is -0.208 e. The molecule has 0 radical (unpaired) electrons. The van der Waals surface area contributed by atoms with E-state index in [9.17, 15) is 0 Å². The van der Waals surface area contributed by atoms with Crippen molar-refractivity contribution in [2.75, 3.05) is 0 Å². The van der Waals surface area contributed by atoms with E-state index in [4.69, 9.17) is 15.0 Å². The minimum atomic E-state index is -0.0811. The average molecular weight is 644 g/mol. The van der Waals surface area contributed by atoms with Crippen molar-refractivity contribution in [1.82, 2.24) is 15.0 Å². The van der Waals surface area contributed by atoms with Crippen LogP contribution in [0.15, 0.2) is 152 Å². The van der Waals surface area contributed by atoms with E-state index in [1.54, 1.807) is 0 Å². The van der Waals surface area contributed by atoms with Gasteiger partial charge in [-0.05, 0) is 66.4 Å². The maximum atomic E-state index is 4.94. The largest absolute Gasteiger partial charge is 0.208 e. The van der Waals surface area contributed by atoms with Gasteiger partial charge in [-0.3, -0.25) is 0 Å². The SMILES string of the molecule is CC1(C)c2ccc(-c3ccc(-c4nc(-c5ccccc5)nc(-c5ccccc5)n4)cc3)cc2-c2ccc3c(ccc4ccccc43)c2C1(C)C. The predicted molar refractivity (Wildman–Crippen MR) is 208 cm³/mol. The highest BCUT2D eigenvalue weighted by Gasteiger charge is 2.46. The third-order valence-electron chi connectivity index (χ3n) is 11.3. The first-order valence-electron chi connectivity index (χ1n) is 17.4. The van der Waals surface area contributed by atoms with E-state index in [1.165, 1.54) is 49.4 Å². The molecule has 8 aromatic rings. The number of fused-ring (bicyclic) bond motifs is 7. The molecule has 240 valence electrons. The fourth-order valence-electron chi connectivity index (χ4n) is 7.88. The molecule has 0 saturated carbocycles. The number of nitrogens with zero attached hydrogens (tertiary/aromatic N) is 3. The van der Waals surface area contributed by atoms with Crippen LogP contribution in [0.1, 0.15) is 38.8 Å². The van der Waals surface area contributed by atoms with Gasteiger partial charge in [0.25, 0.3) is 0 Å². The summed E-state index contributed by atoms with van der Waals surface area (Å²) in [6.45, 7) is 9.66. The number of hydrogen-bond acceptors (Lipinski definition) is 3. The van der Waals surface area contributed by atoms with E-state index in [1.807, 2.05) is 60.7 Å². The van der Waals surface area contributed by atoms with Crippen molar-refractivity contribution in [2.24, 2.45) is 0 Å². The molecular formula is C47H37N3. The highest BCUT2D eigenvalue weighted by molar-refractivity contribution is 6.11. The fourth-order valence-corrected chi connectivity index (χ4v) is 7.88. The van der Waals surface area contributed by atoms with Gasteiger partial charge in [0.05, 0.1) is 0 Å². The molecule has 7 aromatic carbocycles. The molecule has 0 aliphatic heterocycles. The van der Waals surface area contributed by atoms with E-state index < -0.39 is 0 Å². The van der Waals surface area contributed by atoms with Crippen LogP contribution < -0.4 is 0 Å². The van der Waals surface area contributed by atoms with Crippen LogP contribution in [0, 0.1) is 0 Å². The van der Waals surface area contributed by atoms with Crippen LogP contribution in [0.5, 0.6) is 0 Å². The quantitative estimate of drug-likeness (QED) is 0.179. The Morgan fingerprint density at radius 3 is 1.52 bits per heavy atom. The smallest absolute Gasteiger partial charge is 0.164 e. The standard InChI is InChI=1S/C47H37N3/c1-46(2)41-28-24-35(29-40(41)39-27-26-37-36-18-12-11-13-31(36)23-25-38(37)42(39)47(46,3)4)30-19-21-34(22-20-30)45-49-43(32-14-7-5-8-15-32)48-44(50-45)33-16-9-6-10-17-33/h5-29H,1-4H3. The lowest BCUT2D eigenvalue weighted by Crippen LogP contribution is -2.43. The van der Waals surface area contributed by atoms with E-state index in [-0.39, 0.29) is 10.8 Å². The van der Waals surface area contributed by atoms with Crippen LogP contribution in [0.2, 0.25) is 0 Å². The van der Waals surface area contributed by atoms with Crippen LogP contribution >= 0.6 is 0 Å². The van der Waals surface area contributed by atoms with Gasteiger partial charge in [-0.25, -0.2) is 15.0 Å². The maximum Gasteiger partial charge on any atom is 0.164 e. The Hall–Kier alpha value is -5.93. The van der Waals surface area contributed by atoms with Crippen molar-refractivity contribution in [1.29, 1.82) is 0 Å². The molecule has 50 heavy (non-hydrogen) atoms. The number of aromatic nitrogens is 3. The summed E-state index contributed by atoms with van der Waals surface area (Å²) in [4.78, 5) is 14.7. The second-order valence-electron chi connectivity index (χ2n) is 14.5. The van der Waals surface area contributed by atoms with Gasteiger partial charge in [0.15, 0.2) is 17.5 Å². The van der Waals surface area contributed by atoms with E-state index in [2.05, 4.69) is 119 Å². The highest BCUT2D eigenvalue weighted by Crippen LogP contribution is 2.56. The lowest BCUT2D eigenvalue weighted by molar-refractivity contribution is 0.301. The topological polar surface area (TPSA) is 38.7 Å². The molecule has 0 saturated heterocycles. The van der Waals surface area contributed by atoms with Gasteiger partial charge in [-0.15, -0.1) is 0 Å². The Morgan fingerprint density at radius 1 is 0.360 bits per heavy atom. The van der Waals surface area contributed by atoms with Crippen molar-refractivity contribution in [3.05, 3.63) is 163 Å². The van der Waals surface area contributed by atoms with Gasteiger partial charge in [-0.2, -0.15) is 0 Å². The number of rotatable bonds is 4. The van der Waals surface area contributed by atoms with Crippen LogP contribution in [0.3, 0.4) is 0 Å². The summed E-state index contributed by atoms with van der Waals surface area (Å²) >= 11 is 0. The molecule has 0 atom stereocenters. The van der Waals surface area contributed by atoms with E-state index >= 15 is 0 Å². The van der Waals surface area contributed by atoms with Crippen molar-refractivity contribution in [3.63, 3.8) is 0 Å². The molecule has 1 aliphatic rings. The number of benzene rings is 7. The summed E-state index contributed by atoms with van der Waals surface area (Å²) in [5.41, 5.74) is 10.6. The summed E-state index contributed by atoms with van der Waals surface area (Å²) in [6.07, 6.45) is 0. The third kappa shape index (κ3) is 4.69. The predicted octanol–water partition coefficient (Wildman–Crippen LogP) is 12.1. The summed E-state index contributed by atoms with van der Waals surface area (Å²) < 4.78 is 0. The van der Waals surface area contributed by atoms with Crippen LogP contribution in [-0.4, -0.2) is 15.0 Å². The minimum absolute atomic E-state index is 0.0801. The van der Waals surface area contributed by atoms with Crippen LogP contribution in [0.4, 0.5) is 0 Å². The monoisotopic (exact) mass is 643 g/mol. The normalized spacial score (nSPS) is 14.3. The Bertz CT molecular complexity index is 2510. The third-order valence-corrected chi connectivity index (χ3v) is 11.3. The molecule has 0 amide bonds. The lowest BCUT2D eigenvalue weighted by Gasteiger charge is -2.49. The molecule has 3 heteroatoms. The van der Waals surface area contributed by atoms with Gasteiger partial charge in [0.1, 0.15) is 0 Å². The molecule has 9 rings (SSSR count). The van der Waals surface area contributed by atoms with E-state index in [0.29, 0.717) is 17.5 Å². The first-order chi connectivity index (χ1) is 24.3. The maximum absolute atomic E-state index is 4.94. The summed E-state index contributed by atoms with van der Waals surface area (Å²) in [6, 6.07) is 54.0. The summed E-state index contributed by atoms with van der Waals surface area (Å²) in [7, 11) is 0. The molecule has 0 N–H and O–H groups in total. The molecule has 1 aliphatic carbocycles. The Labute approximate surface area is 293 Å². The van der Waals surface area contributed by atoms with Crippen molar-refractivity contribution in [2.45, 2.75) is 38.5 Å². The summed E-state index contributed by atoms with van der Waals surface area (Å²) in [5, 5.41) is 5.27. The molecular weight excluding hydrogens is 607 g/mol. The molecule has 3 nitrogen and oxygen atoms in total. The molecule has 0 bridgehead atoms. The molecule has 1 aromatic heterocycles. The summed E-state index contributed by atoms with van der Waals surface area (Å²) in [5.74, 6) is 1.99. The second-order valence-corrected chi connectivity index (χ2v) is 14.5. The van der Waals surface area contributed by atoms with Gasteiger partial charge >= 0.3 is 0 Å². The van der Waals surface area contributed by atoms with Gasteiger partial charge in [-0.1, -0.05) is 173 Å². The Morgan fingerprint density at radius 2 is 0.880 bits per heavy atom. The van der Waals surface area contributed by atoms with Crippen LogP contribution in [0.25, 0.3) is 78.0 Å². The first kappa shape index (κ1) is 30.2. The van der Waals surface area contributed by atoms with Gasteiger partial charge in [0.2, 0.25) is 0 Å². The first-order valence-corrected chi connectivity index (χ1v) is 17.4. The fraction of sp³-hybridized carbons (Fsp3) is 0.128. The molecule has 0 unspecified atom stereocenters. The van der Waals surface area contributed by atoms with Gasteiger partial charge < -0.3 is 0 Å². The van der Waals surface area contributed by atoms with Gasteiger partial charge in [0, 0.05) is 22.1 Å². The molecule has 0 fully saturated rings.